The summed E-state index contributed by atoms with van der Waals surface area (Å²) < 4.78 is 10.0. The first-order valence-corrected chi connectivity index (χ1v) is 8.12. The first-order valence-electron chi connectivity index (χ1n) is 8.12. The zero-order valence-electron chi connectivity index (χ0n) is 14.7. The van der Waals surface area contributed by atoms with Gasteiger partial charge in [-0.2, -0.15) is 5.26 Å². The fourth-order valence-electron chi connectivity index (χ4n) is 2.22. The van der Waals surface area contributed by atoms with Crippen molar-refractivity contribution >= 4 is 17.8 Å². The number of nitrogens with zero attached hydrogens (tertiary/aromatic N) is 1. The summed E-state index contributed by atoms with van der Waals surface area (Å²) in [5.41, 5.74) is 2.06. The molecule has 0 spiro atoms. The molecule has 5 nitrogen and oxygen atoms in total. The molecular formula is C21H19NO4. The number of aryl methyl sites for hydroxylation is 1. The number of esters is 1. The molecule has 132 valence electrons. The van der Waals surface area contributed by atoms with Crippen LogP contribution in [0.1, 0.15) is 28.4 Å². The Morgan fingerprint density at radius 1 is 1.08 bits per heavy atom. The van der Waals surface area contributed by atoms with E-state index in [1.54, 1.807) is 49.6 Å². The third-order valence-electron chi connectivity index (χ3n) is 3.79. The van der Waals surface area contributed by atoms with Crippen molar-refractivity contribution in [3.8, 4) is 11.8 Å². The second kappa shape index (κ2) is 9.19. The summed E-state index contributed by atoms with van der Waals surface area (Å²) in [4.78, 5) is 24.1. The Kier molecular flexibility index (Phi) is 6.69. The minimum atomic E-state index is -0.832. The summed E-state index contributed by atoms with van der Waals surface area (Å²) in [6.45, 7) is 1.61. The summed E-state index contributed by atoms with van der Waals surface area (Å²) in [5, 5.41) is 9.17. The van der Waals surface area contributed by atoms with E-state index in [-0.39, 0.29) is 11.4 Å². The predicted octanol–water partition coefficient (Wildman–Crippen LogP) is 3.59. The average molecular weight is 349 g/mol. The maximum atomic E-state index is 12.1. The summed E-state index contributed by atoms with van der Waals surface area (Å²) >= 11 is 0. The van der Waals surface area contributed by atoms with Crippen LogP contribution in [0.4, 0.5) is 0 Å². The Balaban J connectivity index is 2.00. The van der Waals surface area contributed by atoms with Gasteiger partial charge in [0.05, 0.1) is 7.11 Å². The Morgan fingerprint density at radius 2 is 1.73 bits per heavy atom. The van der Waals surface area contributed by atoms with E-state index in [1.807, 2.05) is 19.1 Å². The van der Waals surface area contributed by atoms with Crippen molar-refractivity contribution in [1.29, 1.82) is 5.26 Å². The highest BCUT2D eigenvalue weighted by Gasteiger charge is 2.14. The Bertz CT molecular complexity index is 843. The molecule has 0 saturated heterocycles. The monoisotopic (exact) mass is 349 g/mol. The molecular weight excluding hydrogens is 330 g/mol. The van der Waals surface area contributed by atoms with E-state index in [9.17, 15) is 9.59 Å². The van der Waals surface area contributed by atoms with Crippen LogP contribution in [-0.2, 0) is 16.0 Å². The topological polar surface area (TPSA) is 76.4 Å². The normalized spacial score (nSPS) is 10.7. The van der Waals surface area contributed by atoms with E-state index in [0.29, 0.717) is 16.9 Å². The minimum Gasteiger partial charge on any atom is -0.497 e. The predicted molar refractivity (Wildman–Crippen MR) is 97.7 cm³/mol. The molecule has 0 aromatic heterocycles. The van der Waals surface area contributed by atoms with Gasteiger partial charge in [-0.1, -0.05) is 43.3 Å². The fraction of sp³-hybridized carbons (Fsp3) is 0.190. The quantitative estimate of drug-likeness (QED) is 0.330. The molecule has 0 unspecified atom stereocenters. The second-order valence-electron chi connectivity index (χ2n) is 5.49. The van der Waals surface area contributed by atoms with Crippen molar-refractivity contribution < 1.29 is 19.1 Å². The van der Waals surface area contributed by atoms with Gasteiger partial charge >= 0.3 is 5.97 Å². The highest BCUT2D eigenvalue weighted by atomic mass is 16.5. The van der Waals surface area contributed by atoms with Crippen molar-refractivity contribution in [2.45, 2.75) is 13.3 Å². The molecule has 0 amide bonds. The highest BCUT2D eigenvalue weighted by Crippen LogP contribution is 2.14. The van der Waals surface area contributed by atoms with Crippen LogP contribution in [0.3, 0.4) is 0 Å². The van der Waals surface area contributed by atoms with E-state index < -0.39 is 12.6 Å². The van der Waals surface area contributed by atoms with Crippen LogP contribution in [0.25, 0.3) is 6.08 Å². The van der Waals surface area contributed by atoms with E-state index >= 15 is 0 Å². The molecule has 26 heavy (non-hydrogen) atoms. The van der Waals surface area contributed by atoms with Crippen LogP contribution >= 0.6 is 0 Å². The van der Waals surface area contributed by atoms with Gasteiger partial charge in [0, 0.05) is 5.56 Å². The Morgan fingerprint density at radius 3 is 2.27 bits per heavy atom. The first-order chi connectivity index (χ1) is 12.6. The molecule has 0 radical (unpaired) electrons. The summed E-state index contributed by atoms with van der Waals surface area (Å²) in [5.74, 6) is -0.479. The molecule has 0 saturated carbocycles. The number of methoxy groups -OCH3 is 1. The van der Waals surface area contributed by atoms with Crippen molar-refractivity contribution in [3.63, 3.8) is 0 Å². The number of hydrogen-bond acceptors (Lipinski definition) is 5. The number of Topliss-reactive ketones (excluding diaryl/α,β-unsaturated/α-hetero) is 1. The third kappa shape index (κ3) is 5.05. The summed E-state index contributed by atoms with van der Waals surface area (Å²) in [6, 6.07) is 15.8. The number of rotatable bonds is 7. The summed E-state index contributed by atoms with van der Waals surface area (Å²) in [6.07, 6.45) is 2.29. The summed E-state index contributed by atoms with van der Waals surface area (Å²) in [7, 11) is 1.55. The fourth-order valence-corrected chi connectivity index (χ4v) is 2.22. The number of ether oxygens (including phenoxy) is 2. The van der Waals surface area contributed by atoms with E-state index in [0.717, 1.165) is 12.0 Å². The smallest absolute Gasteiger partial charge is 0.349 e. The Labute approximate surface area is 152 Å². The van der Waals surface area contributed by atoms with Gasteiger partial charge in [0.2, 0.25) is 0 Å². The zero-order valence-corrected chi connectivity index (χ0v) is 14.7. The van der Waals surface area contributed by atoms with Gasteiger partial charge in [-0.05, 0) is 35.8 Å². The van der Waals surface area contributed by atoms with Crippen molar-refractivity contribution in [2.75, 3.05) is 13.7 Å². The standard InChI is InChI=1S/C21H19NO4/c1-3-15-4-8-17(9-5-15)20(23)14-26-21(24)18(13-22)12-16-6-10-19(25-2)11-7-16/h4-12H,3,14H2,1-2H3/b18-12+. The SMILES string of the molecule is CCc1ccc(C(=O)COC(=O)/C(C#N)=C/c2ccc(OC)cc2)cc1. The van der Waals surface area contributed by atoms with Crippen LogP contribution in [0.5, 0.6) is 5.75 Å². The van der Waals surface area contributed by atoms with Crippen LogP contribution in [-0.4, -0.2) is 25.5 Å². The number of carbonyl (C=O) groups is 2. The molecule has 0 aliphatic heterocycles. The molecule has 5 heteroatoms. The molecule has 0 aliphatic carbocycles. The number of nitriles is 1. The molecule has 0 atom stereocenters. The van der Waals surface area contributed by atoms with Crippen LogP contribution in [0.2, 0.25) is 0 Å². The lowest BCUT2D eigenvalue weighted by Gasteiger charge is -2.05. The van der Waals surface area contributed by atoms with Gasteiger partial charge in [-0.15, -0.1) is 0 Å². The molecule has 0 fully saturated rings. The van der Waals surface area contributed by atoms with Crippen LogP contribution < -0.4 is 4.74 Å². The number of carbonyl (C=O) groups excluding carboxylic acids is 2. The van der Waals surface area contributed by atoms with Gasteiger partial charge in [0.15, 0.2) is 12.4 Å². The maximum Gasteiger partial charge on any atom is 0.349 e. The van der Waals surface area contributed by atoms with Gasteiger partial charge in [-0.25, -0.2) is 4.79 Å². The second-order valence-corrected chi connectivity index (χ2v) is 5.49. The molecule has 0 aliphatic rings. The number of hydrogen-bond donors (Lipinski definition) is 0. The van der Waals surface area contributed by atoms with Gasteiger partial charge in [0.25, 0.3) is 0 Å². The molecule has 2 aromatic carbocycles. The van der Waals surface area contributed by atoms with Crippen molar-refractivity contribution in [3.05, 3.63) is 70.8 Å². The molecule has 2 aromatic rings. The molecule has 0 bridgehead atoms. The third-order valence-corrected chi connectivity index (χ3v) is 3.79. The maximum absolute atomic E-state index is 12.1. The van der Waals surface area contributed by atoms with E-state index in [4.69, 9.17) is 14.7 Å². The largest absolute Gasteiger partial charge is 0.497 e. The highest BCUT2D eigenvalue weighted by molar-refractivity contribution is 6.01. The molecule has 0 heterocycles. The van der Waals surface area contributed by atoms with Crippen molar-refractivity contribution in [2.24, 2.45) is 0 Å². The van der Waals surface area contributed by atoms with Crippen LogP contribution in [0, 0.1) is 11.3 Å². The van der Waals surface area contributed by atoms with Crippen molar-refractivity contribution in [1.82, 2.24) is 0 Å². The van der Waals surface area contributed by atoms with Gasteiger partial charge in [0.1, 0.15) is 17.4 Å². The number of ketones is 1. The lowest BCUT2D eigenvalue weighted by Crippen LogP contribution is -2.15. The van der Waals surface area contributed by atoms with E-state index in [2.05, 4.69) is 0 Å². The first kappa shape index (κ1) is 18.9. The average Bonchev–Trinajstić information content (AvgIpc) is 2.70. The molecule has 0 N–H and O–H groups in total. The minimum absolute atomic E-state index is 0.177. The lowest BCUT2D eigenvalue weighted by molar-refractivity contribution is -0.137. The van der Waals surface area contributed by atoms with E-state index in [1.165, 1.54) is 6.08 Å². The Hall–Kier alpha value is -3.39. The number of benzene rings is 2. The molecule has 2 rings (SSSR count). The van der Waals surface area contributed by atoms with Gasteiger partial charge in [-0.3, -0.25) is 4.79 Å². The van der Waals surface area contributed by atoms with Crippen LogP contribution in [0.15, 0.2) is 54.1 Å². The zero-order chi connectivity index (χ0) is 18.9. The lowest BCUT2D eigenvalue weighted by atomic mass is 10.1. The van der Waals surface area contributed by atoms with Gasteiger partial charge < -0.3 is 9.47 Å².